The van der Waals surface area contributed by atoms with Crippen LogP contribution in [0.25, 0.3) is 0 Å². The fourth-order valence-corrected chi connectivity index (χ4v) is 1.77. The summed E-state index contributed by atoms with van der Waals surface area (Å²) in [5.41, 5.74) is 0. The van der Waals surface area contributed by atoms with Crippen molar-refractivity contribution in [3.63, 3.8) is 0 Å². The monoisotopic (exact) mass is 142 g/mol. The molecule has 2 nitrogen and oxygen atoms in total. The maximum atomic E-state index is 9.31. The highest BCUT2D eigenvalue weighted by atomic mass is 16.5. The van der Waals surface area contributed by atoms with E-state index in [4.69, 9.17) is 4.65 Å². The Morgan fingerprint density at radius 3 is 2.60 bits per heavy atom. The molecule has 0 spiro atoms. The minimum absolute atomic E-state index is 0.380. The van der Waals surface area contributed by atoms with Gasteiger partial charge in [-0.05, 0) is 11.7 Å². The molecule has 0 amide bonds. The second-order valence-corrected chi connectivity index (χ2v) is 3.20. The van der Waals surface area contributed by atoms with Gasteiger partial charge in [0.15, 0.2) is 0 Å². The lowest BCUT2D eigenvalue weighted by molar-refractivity contribution is 0.301. The highest BCUT2D eigenvalue weighted by Gasteiger charge is 2.34. The van der Waals surface area contributed by atoms with Crippen LogP contribution in [0.15, 0.2) is 0 Å². The van der Waals surface area contributed by atoms with E-state index in [1.165, 1.54) is 12.8 Å². The first kappa shape index (κ1) is 8.09. The zero-order chi connectivity index (χ0) is 7.56. The highest BCUT2D eigenvalue weighted by Crippen LogP contribution is 2.37. The first-order valence-corrected chi connectivity index (χ1v) is 3.96. The van der Waals surface area contributed by atoms with Gasteiger partial charge in [-0.3, -0.25) is 0 Å². The average molecular weight is 142 g/mol. The molecule has 1 aliphatic carbocycles. The van der Waals surface area contributed by atoms with E-state index in [1.807, 2.05) is 0 Å². The van der Waals surface area contributed by atoms with E-state index in [0.29, 0.717) is 11.7 Å². The van der Waals surface area contributed by atoms with Crippen LogP contribution in [0.2, 0.25) is 5.82 Å². The van der Waals surface area contributed by atoms with Gasteiger partial charge in [0.05, 0.1) is 0 Å². The minimum Gasteiger partial charge on any atom is -0.427 e. The maximum Gasteiger partial charge on any atom is 0.457 e. The molecule has 1 fully saturated rings. The summed E-state index contributed by atoms with van der Waals surface area (Å²) < 4.78 is 4.86. The molecule has 2 atom stereocenters. The summed E-state index contributed by atoms with van der Waals surface area (Å²) in [6.07, 6.45) is 3.60. The van der Waals surface area contributed by atoms with Gasteiger partial charge in [0.2, 0.25) is 0 Å². The summed E-state index contributed by atoms with van der Waals surface area (Å²) in [6, 6.07) is 0. The molecule has 0 aromatic rings. The van der Waals surface area contributed by atoms with Crippen molar-refractivity contribution >= 4 is 7.12 Å². The lowest BCUT2D eigenvalue weighted by atomic mass is 9.67. The molecule has 0 saturated heterocycles. The second-order valence-electron chi connectivity index (χ2n) is 3.20. The molecule has 58 valence electrons. The Morgan fingerprint density at radius 1 is 1.50 bits per heavy atom. The highest BCUT2D eigenvalue weighted by molar-refractivity contribution is 6.44. The topological polar surface area (TPSA) is 29.5 Å². The van der Waals surface area contributed by atoms with Gasteiger partial charge in [-0.2, -0.15) is 0 Å². The lowest BCUT2D eigenvalue weighted by Crippen LogP contribution is -2.24. The normalized spacial score (nSPS) is 32.7. The molecule has 1 saturated carbocycles. The fourth-order valence-electron chi connectivity index (χ4n) is 1.77. The summed E-state index contributed by atoms with van der Waals surface area (Å²) >= 11 is 0. The number of rotatable bonds is 2. The van der Waals surface area contributed by atoms with Crippen LogP contribution < -0.4 is 0 Å². The molecular formula is C7H15BO2. The molecule has 1 rings (SSSR count). The van der Waals surface area contributed by atoms with Crippen molar-refractivity contribution in [3.8, 4) is 0 Å². The average Bonchev–Trinajstić information content (AvgIpc) is 2.34. The Kier molecular flexibility index (Phi) is 2.75. The maximum absolute atomic E-state index is 9.31. The van der Waals surface area contributed by atoms with E-state index in [2.05, 4.69) is 6.92 Å². The predicted octanol–water partition coefficient (Wildman–Crippen LogP) is 1.30. The van der Waals surface area contributed by atoms with Crippen molar-refractivity contribution < 1.29 is 9.68 Å². The SMILES string of the molecule is COB(O)[C@H]1CCC[C@@H]1C. The molecule has 1 N–H and O–H groups in total. The summed E-state index contributed by atoms with van der Waals surface area (Å²) in [4.78, 5) is 0. The number of hydrogen-bond donors (Lipinski definition) is 1. The second kappa shape index (κ2) is 3.40. The van der Waals surface area contributed by atoms with Crippen molar-refractivity contribution in [2.24, 2.45) is 5.92 Å². The van der Waals surface area contributed by atoms with Gasteiger partial charge in [-0.1, -0.05) is 26.2 Å². The first-order chi connectivity index (χ1) is 4.75. The summed E-state index contributed by atoms with van der Waals surface area (Å²) in [6.45, 7) is 2.18. The smallest absolute Gasteiger partial charge is 0.427 e. The van der Waals surface area contributed by atoms with Gasteiger partial charge in [0, 0.05) is 7.11 Å². The molecule has 3 heteroatoms. The largest absolute Gasteiger partial charge is 0.457 e. The Labute approximate surface area is 62.7 Å². The van der Waals surface area contributed by atoms with Crippen LogP contribution in [0, 0.1) is 5.92 Å². The third kappa shape index (κ3) is 1.52. The molecule has 0 radical (unpaired) electrons. The van der Waals surface area contributed by atoms with E-state index < -0.39 is 7.12 Å². The van der Waals surface area contributed by atoms with Crippen LogP contribution in [0.1, 0.15) is 26.2 Å². The Hall–Kier alpha value is -0.0151. The zero-order valence-corrected chi connectivity index (χ0v) is 6.71. The lowest BCUT2D eigenvalue weighted by Gasteiger charge is -2.15. The summed E-state index contributed by atoms with van der Waals surface area (Å²) in [7, 11) is 1.04. The molecule has 10 heavy (non-hydrogen) atoms. The fraction of sp³-hybridized carbons (Fsp3) is 1.00. The summed E-state index contributed by atoms with van der Waals surface area (Å²) in [5.74, 6) is 1.01. The van der Waals surface area contributed by atoms with Gasteiger partial charge >= 0.3 is 7.12 Å². The van der Waals surface area contributed by atoms with Crippen LogP contribution >= 0.6 is 0 Å². The Morgan fingerprint density at radius 2 is 2.20 bits per heavy atom. The molecule has 0 heterocycles. The van der Waals surface area contributed by atoms with Gasteiger partial charge in [-0.15, -0.1) is 0 Å². The summed E-state index contributed by atoms with van der Waals surface area (Å²) in [5, 5.41) is 9.31. The predicted molar refractivity (Wildman–Crippen MR) is 41.7 cm³/mol. The molecular weight excluding hydrogens is 127 g/mol. The van der Waals surface area contributed by atoms with Crippen LogP contribution in [-0.4, -0.2) is 19.3 Å². The van der Waals surface area contributed by atoms with Gasteiger partial charge in [-0.25, -0.2) is 0 Å². The zero-order valence-electron chi connectivity index (χ0n) is 6.71. The molecule has 0 bridgehead atoms. The van der Waals surface area contributed by atoms with E-state index in [9.17, 15) is 5.02 Å². The van der Waals surface area contributed by atoms with Crippen LogP contribution in [0.3, 0.4) is 0 Å². The van der Waals surface area contributed by atoms with Gasteiger partial charge in [0.1, 0.15) is 0 Å². The van der Waals surface area contributed by atoms with Gasteiger partial charge < -0.3 is 9.68 Å². The van der Waals surface area contributed by atoms with Crippen LogP contribution in [0.4, 0.5) is 0 Å². The van der Waals surface area contributed by atoms with Crippen molar-refractivity contribution in [2.75, 3.05) is 7.11 Å². The third-order valence-corrected chi connectivity index (χ3v) is 2.54. The standard InChI is InChI=1S/C7H15BO2/c1-6-4-3-5-7(6)8(9)10-2/h6-7,9H,3-5H2,1-2H3/t6-,7-/m0/s1. The minimum atomic E-state index is -0.530. The van der Waals surface area contributed by atoms with Crippen LogP contribution in [0.5, 0.6) is 0 Å². The Bertz CT molecular complexity index is 108. The van der Waals surface area contributed by atoms with E-state index in [-0.39, 0.29) is 0 Å². The Balaban J connectivity index is 2.38. The molecule has 1 aliphatic rings. The number of hydrogen-bond acceptors (Lipinski definition) is 2. The third-order valence-electron chi connectivity index (χ3n) is 2.54. The molecule has 0 aromatic heterocycles. The van der Waals surface area contributed by atoms with E-state index in [0.717, 1.165) is 6.42 Å². The van der Waals surface area contributed by atoms with E-state index in [1.54, 1.807) is 7.11 Å². The molecule has 0 aromatic carbocycles. The van der Waals surface area contributed by atoms with Gasteiger partial charge in [0.25, 0.3) is 0 Å². The molecule has 0 unspecified atom stereocenters. The quantitative estimate of drug-likeness (QED) is 0.589. The van der Waals surface area contributed by atoms with Crippen molar-refractivity contribution in [1.29, 1.82) is 0 Å². The first-order valence-electron chi connectivity index (χ1n) is 3.96. The van der Waals surface area contributed by atoms with E-state index >= 15 is 0 Å². The molecule has 0 aliphatic heterocycles. The van der Waals surface area contributed by atoms with Crippen molar-refractivity contribution in [1.82, 2.24) is 0 Å². The van der Waals surface area contributed by atoms with Crippen molar-refractivity contribution in [2.45, 2.75) is 32.0 Å². The van der Waals surface area contributed by atoms with Crippen LogP contribution in [-0.2, 0) is 4.65 Å². The van der Waals surface area contributed by atoms with Crippen molar-refractivity contribution in [3.05, 3.63) is 0 Å².